The fourth-order valence-electron chi connectivity index (χ4n) is 3.62. The Morgan fingerprint density at radius 1 is 0.885 bits per heavy atom. The van der Waals surface area contributed by atoms with Crippen LogP contribution in [0.15, 0.2) is 30.3 Å². The van der Waals surface area contributed by atoms with Crippen LogP contribution in [-0.4, -0.2) is 43.8 Å². The maximum absolute atomic E-state index is 12.6. The second kappa shape index (κ2) is 7.64. The van der Waals surface area contributed by atoms with Crippen molar-refractivity contribution in [2.24, 2.45) is 0 Å². The molecule has 1 aliphatic rings. The summed E-state index contributed by atoms with van der Waals surface area (Å²) in [7, 11) is 2.65. The monoisotopic (exact) mass is 356 g/mol. The number of ether oxygens (including phenoxy) is 2. The number of piperidine rings is 1. The van der Waals surface area contributed by atoms with E-state index in [9.17, 15) is 9.59 Å². The fourth-order valence-corrected chi connectivity index (χ4v) is 3.62. The molecule has 1 aliphatic heterocycles. The fraction of sp³-hybridized carbons (Fsp3) is 0.400. The highest BCUT2D eigenvalue weighted by atomic mass is 16.5. The van der Waals surface area contributed by atoms with E-state index in [1.165, 1.54) is 20.6 Å². The van der Waals surface area contributed by atoms with Crippen molar-refractivity contribution in [1.82, 2.24) is 4.57 Å². The van der Waals surface area contributed by atoms with E-state index in [2.05, 4.69) is 4.90 Å². The summed E-state index contributed by atoms with van der Waals surface area (Å²) in [6, 6.07) is 9.73. The molecule has 3 rings (SSSR count). The van der Waals surface area contributed by atoms with Crippen molar-refractivity contribution >= 4 is 17.8 Å². The van der Waals surface area contributed by atoms with Crippen LogP contribution in [0.1, 0.15) is 45.7 Å². The van der Waals surface area contributed by atoms with Gasteiger partial charge < -0.3 is 14.4 Å². The number of hydrogen-bond acceptors (Lipinski definition) is 5. The van der Waals surface area contributed by atoms with Gasteiger partial charge in [-0.2, -0.15) is 0 Å². The van der Waals surface area contributed by atoms with Gasteiger partial charge in [0.25, 0.3) is 0 Å². The topological polar surface area (TPSA) is 60.8 Å². The van der Waals surface area contributed by atoms with E-state index in [0.717, 1.165) is 31.6 Å². The Balaban J connectivity index is 2.32. The average molecular weight is 356 g/mol. The lowest BCUT2D eigenvalue weighted by atomic mass is 10.1. The lowest BCUT2D eigenvalue weighted by molar-refractivity contribution is 0.0556. The molecule has 0 saturated carbocycles. The van der Waals surface area contributed by atoms with Crippen molar-refractivity contribution in [3.63, 3.8) is 0 Å². The molecule has 0 N–H and O–H groups in total. The number of carbonyl (C=O) groups is 2. The van der Waals surface area contributed by atoms with Crippen LogP contribution in [0.25, 0.3) is 5.69 Å². The molecule has 2 aromatic rings. The largest absolute Gasteiger partial charge is 0.465 e. The molecule has 0 radical (unpaired) electrons. The first-order chi connectivity index (χ1) is 12.6. The van der Waals surface area contributed by atoms with Gasteiger partial charge >= 0.3 is 11.9 Å². The van der Waals surface area contributed by atoms with E-state index in [-0.39, 0.29) is 11.1 Å². The molecule has 0 amide bonds. The van der Waals surface area contributed by atoms with Gasteiger partial charge in [-0.3, -0.25) is 4.57 Å². The third kappa shape index (κ3) is 3.07. The molecule has 0 atom stereocenters. The SMILES string of the molecule is COC(=O)c1c(C(=O)OC)c(N2CCCCC2)n(-c2ccccc2)c1C. The molecule has 1 fully saturated rings. The second-order valence-corrected chi connectivity index (χ2v) is 6.36. The van der Waals surface area contributed by atoms with Gasteiger partial charge in [-0.05, 0) is 38.3 Å². The van der Waals surface area contributed by atoms with Crippen LogP contribution in [0.3, 0.4) is 0 Å². The molecule has 1 aromatic heterocycles. The van der Waals surface area contributed by atoms with E-state index < -0.39 is 11.9 Å². The van der Waals surface area contributed by atoms with Crippen molar-refractivity contribution in [2.75, 3.05) is 32.2 Å². The number of hydrogen-bond donors (Lipinski definition) is 0. The van der Waals surface area contributed by atoms with Gasteiger partial charge in [-0.25, -0.2) is 9.59 Å². The minimum atomic E-state index is -0.532. The molecule has 6 heteroatoms. The molecular weight excluding hydrogens is 332 g/mol. The minimum Gasteiger partial charge on any atom is -0.465 e. The van der Waals surface area contributed by atoms with E-state index in [1.807, 2.05) is 41.8 Å². The van der Waals surface area contributed by atoms with Gasteiger partial charge in [0.2, 0.25) is 0 Å². The van der Waals surface area contributed by atoms with Crippen LogP contribution < -0.4 is 4.90 Å². The molecule has 138 valence electrons. The molecular formula is C20H24N2O4. The standard InChI is InChI=1S/C20H24N2O4/c1-14-16(19(23)25-2)17(20(24)26-3)18(21-12-8-5-9-13-21)22(14)15-10-6-4-7-11-15/h4,6-7,10-11H,5,8-9,12-13H2,1-3H3. The van der Waals surface area contributed by atoms with Gasteiger partial charge in [-0.1, -0.05) is 18.2 Å². The number of methoxy groups -OCH3 is 2. The number of benzene rings is 1. The molecule has 2 heterocycles. The molecule has 0 unspecified atom stereocenters. The number of nitrogens with zero attached hydrogens (tertiary/aromatic N) is 2. The van der Waals surface area contributed by atoms with Crippen LogP contribution in [0.2, 0.25) is 0 Å². The van der Waals surface area contributed by atoms with Gasteiger partial charge in [0, 0.05) is 24.5 Å². The molecule has 1 saturated heterocycles. The highest BCUT2D eigenvalue weighted by molar-refractivity contribution is 6.08. The van der Waals surface area contributed by atoms with E-state index >= 15 is 0 Å². The summed E-state index contributed by atoms with van der Waals surface area (Å²) < 4.78 is 11.9. The normalized spacial score (nSPS) is 14.2. The first-order valence-electron chi connectivity index (χ1n) is 8.82. The van der Waals surface area contributed by atoms with Crippen LogP contribution in [-0.2, 0) is 9.47 Å². The van der Waals surface area contributed by atoms with Crippen molar-refractivity contribution < 1.29 is 19.1 Å². The average Bonchev–Trinajstić information content (AvgIpc) is 3.01. The molecule has 1 aromatic carbocycles. The summed E-state index contributed by atoms with van der Waals surface area (Å²) in [5.74, 6) is -0.347. The number of rotatable bonds is 4. The smallest absolute Gasteiger partial charge is 0.342 e. The maximum Gasteiger partial charge on any atom is 0.342 e. The number of aromatic nitrogens is 1. The number of anilines is 1. The van der Waals surface area contributed by atoms with Crippen LogP contribution in [0, 0.1) is 6.92 Å². The van der Waals surface area contributed by atoms with Gasteiger partial charge in [-0.15, -0.1) is 0 Å². The van der Waals surface area contributed by atoms with Crippen molar-refractivity contribution in [3.05, 3.63) is 47.2 Å². The van der Waals surface area contributed by atoms with E-state index in [0.29, 0.717) is 11.5 Å². The summed E-state index contributed by atoms with van der Waals surface area (Å²) in [5, 5.41) is 0. The number of esters is 2. The first-order valence-corrected chi connectivity index (χ1v) is 8.82. The predicted octanol–water partition coefficient (Wildman–Crippen LogP) is 3.35. The lowest BCUT2D eigenvalue weighted by Crippen LogP contribution is -2.32. The molecule has 0 spiro atoms. The highest BCUT2D eigenvalue weighted by Crippen LogP contribution is 2.36. The van der Waals surface area contributed by atoms with Crippen LogP contribution in [0.4, 0.5) is 5.82 Å². The molecule has 26 heavy (non-hydrogen) atoms. The number of para-hydroxylation sites is 1. The van der Waals surface area contributed by atoms with Crippen LogP contribution >= 0.6 is 0 Å². The Morgan fingerprint density at radius 3 is 2.04 bits per heavy atom. The Morgan fingerprint density at radius 2 is 1.46 bits per heavy atom. The Hall–Kier alpha value is -2.76. The third-order valence-electron chi connectivity index (χ3n) is 4.83. The Labute approximate surface area is 153 Å². The lowest BCUT2D eigenvalue weighted by Gasteiger charge is -2.30. The predicted molar refractivity (Wildman–Crippen MR) is 99.2 cm³/mol. The van der Waals surface area contributed by atoms with Crippen molar-refractivity contribution in [1.29, 1.82) is 0 Å². The Kier molecular flexibility index (Phi) is 5.30. The van der Waals surface area contributed by atoms with E-state index in [1.54, 1.807) is 0 Å². The highest BCUT2D eigenvalue weighted by Gasteiger charge is 2.34. The molecule has 6 nitrogen and oxygen atoms in total. The zero-order valence-corrected chi connectivity index (χ0v) is 15.4. The van der Waals surface area contributed by atoms with E-state index in [4.69, 9.17) is 9.47 Å². The summed E-state index contributed by atoms with van der Waals surface area (Å²) in [6.07, 6.45) is 3.26. The minimum absolute atomic E-state index is 0.267. The van der Waals surface area contributed by atoms with Crippen LogP contribution in [0.5, 0.6) is 0 Å². The van der Waals surface area contributed by atoms with Gasteiger partial charge in [0.1, 0.15) is 11.4 Å². The first kappa shape index (κ1) is 18.0. The van der Waals surface area contributed by atoms with Gasteiger partial charge in [0.15, 0.2) is 0 Å². The summed E-state index contributed by atoms with van der Waals surface area (Å²) in [4.78, 5) is 27.3. The zero-order chi connectivity index (χ0) is 18.7. The summed E-state index contributed by atoms with van der Waals surface area (Å²) >= 11 is 0. The third-order valence-corrected chi connectivity index (χ3v) is 4.83. The number of carbonyl (C=O) groups excluding carboxylic acids is 2. The maximum atomic E-state index is 12.6. The Bertz CT molecular complexity index is 805. The quantitative estimate of drug-likeness (QED) is 0.786. The second-order valence-electron chi connectivity index (χ2n) is 6.36. The zero-order valence-electron chi connectivity index (χ0n) is 15.4. The molecule has 0 aliphatic carbocycles. The molecule has 0 bridgehead atoms. The summed E-state index contributed by atoms with van der Waals surface area (Å²) in [6.45, 7) is 3.50. The summed E-state index contributed by atoms with van der Waals surface area (Å²) in [5.41, 5.74) is 2.11. The van der Waals surface area contributed by atoms with Crippen molar-refractivity contribution in [2.45, 2.75) is 26.2 Å². The van der Waals surface area contributed by atoms with Gasteiger partial charge in [0.05, 0.1) is 19.8 Å². The van der Waals surface area contributed by atoms with Crippen molar-refractivity contribution in [3.8, 4) is 5.69 Å².